The van der Waals surface area contributed by atoms with Crippen LogP contribution in [0.5, 0.6) is 0 Å². The molecule has 0 saturated carbocycles. The molecule has 53 heavy (non-hydrogen) atoms. The number of nitrogens with zero attached hydrogens (tertiary/aromatic N) is 3. The Hall–Kier alpha value is -3.78. The molecule has 0 spiro atoms. The molecule has 3 heterocycles. The number of alkyl halides is 3. The van der Waals surface area contributed by atoms with Crippen molar-refractivity contribution in [3.05, 3.63) is 119 Å². The van der Waals surface area contributed by atoms with Crippen molar-refractivity contribution in [3.63, 3.8) is 0 Å². The standard InChI is InChI=1S/C42H45F3IN3O3Si/c1-28(50-7)37-32(19-14-22-47-37)38-34(33-23-29(35-25-51-39(46)48-35)20-21-36(33)49(38)26-42(43,44)45)24-41(5,6)27-52-53(40(2,3)4,30-15-10-8-11-16-30)31-17-12-9-13-18-31/h8-23,25,28H,24,26-27H2,1-7H3/t28-/m0/s1. The Kier molecular flexibility index (Phi) is 11.1. The Balaban J connectivity index is 1.56. The number of rotatable bonds is 12. The molecule has 0 radical (unpaired) electrons. The molecule has 0 amide bonds. The molecule has 0 aliphatic rings. The molecule has 6 aromatic rings. The number of oxazole rings is 1. The van der Waals surface area contributed by atoms with E-state index in [9.17, 15) is 13.2 Å². The first kappa shape index (κ1) is 38.9. The molecule has 0 aliphatic heterocycles. The van der Waals surface area contributed by atoms with Gasteiger partial charge in [-0.05, 0) is 64.0 Å². The number of fused-ring (bicyclic) bond motifs is 1. The summed E-state index contributed by atoms with van der Waals surface area (Å²) in [6, 6.07) is 30.0. The number of hydrogen-bond acceptors (Lipinski definition) is 5. The van der Waals surface area contributed by atoms with Gasteiger partial charge in [-0.3, -0.25) is 4.98 Å². The smallest absolute Gasteiger partial charge is 0.406 e. The van der Waals surface area contributed by atoms with Crippen LogP contribution in [0, 0.1) is 9.31 Å². The normalized spacial score (nSPS) is 13.5. The van der Waals surface area contributed by atoms with Crippen molar-refractivity contribution in [2.24, 2.45) is 5.41 Å². The molecule has 0 saturated heterocycles. The van der Waals surface area contributed by atoms with Crippen LogP contribution < -0.4 is 10.4 Å². The van der Waals surface area contributed by atoms with Crippen LogP contribution in [-0.2, 0) is 22.1 Å². The molecule has 11 heteroatoms. The SMILES string of the molecule is CO[C@@H](C)c1ncccc1-c1c(CC(C)(C)CO[Si](c2ccccc2)(c2ccccc2)C(C)(C)C)c2cc(-c3coc(I)n3)ccc2n1CC(F)(F)F. The molecule has 6 rings (SSSR count). The number of ether oxygens (including phenoxy) is 1. The first-order chi connectivity index (χ1) is 25.0. The van der Waals surface area contributed by atoms with Gasteiger partial charge in [-0.15, -0.1) is 0 Å². The summed E-state index contributed by atoms with van der Waals surface area (Å²) in [4.78, 5) is 9.16. The average Bonchev–Trinajstić information content (AvgIpc) is 3.68. The second kappa shape index (κ2) is 15.2. The lowest BCUT2D eigenvalue weighted by atomic mass is 9.84. The minimum atomic E-state index is -4.49. The zero-order chi connectivity index (χ0) is 38.2. The maximum absolute atomic E-state index is 14.6. The Bertz CT molecular complexity index is 2140. The van der Waals surface area contributed by atoms with Crippen molar-refractivity contribution in [2.75, 3.05) is 13.7 Å². The quantitative estimate of drug-likeness (QED) is 0.0907. The van der Waals surface area contributed by atoms with E-state index in [1.165, 1.54) is 4.57 Å². The van der Waals surface area contributed by atoms with Gasteiger partial charge in [0, 0.05) is 64.5 Å². The largest absolute Gasteiger partial charge is 0.440 e. The van der Waals surface area contributed by atoms with Gasteiger partial charge in [-0.25, -0.2) is 4.98 Å². The zero-order valence-electron chi connectivity index (χ0n) is 31.1. The van der Waals surface area contributed by atoms with Crippen molar-refractivity contribution in [1.29, 1.82) is 0 Å². The van der Waals surface area contributed by atoms with Crippen molar-refractivity contribution in [1.82, 2.24) is 14.5 Å². The van der Waals surface area contributed by atoms with Gasteiger partial charge in [0.15, 0.2) is 0 Å². The molecule has 3 aromatic heterocycles. The first-order valence-electron chi connectivity index (χ1n) is 17.6. The maximum atomic E-state index is 14.6. The Morgan fingerprint density at radius 3 is 2.08 bits per heavy atom. The van der Waals surface area contributed by atoms with Crippen molar-refractivity contribution < 1.29 is 26.8 Å². The Morgan fingerprint density at radius 1 is 0.887 bits per heavy atom. The fourth-order valence-electron chi connectivity index (χ4n) is 7.45. The summed E-state index contributed by atoms with van der Waals surface area (Å²) in [5, 5.41) is 2.79. The van der Waals surface area contributed by atoms with E-state index in [0.29, 0.717) is 50.5 Å². The van der Waals surface area contributed by atoms with Crippen LogP contribution in [0.1, 0.15) is 58.9 Å². The molecule has 3 aromatic carbocycles. The van der Waals surface area contributed by atoms with Gasteiger partial charge < -0.3 is 18.1 Å². The lowest BCUT2D eigenvalue weighted by molar-refractivity contribution is -0.139. The van der Waals surface area contributed by atoms with Gasteiger partial charge in [-0.1, -0.05) is 101 Å². The minimum Gasteiger partial charge on any atom is -0.440 e. The summed E-state index contributed by atoms with van der Waals surface area (Å²) < 4.78 is 64.2. The van der Waals surface area contributed by atoms with E-state index in [-0.39, 0.29) is 5.04 Å². The van der Waals surface area contributed by atoms with E-state index in [4.69, 9.17) is 13.6 Å². The minimum absolute atomic E-state index is 0.245. The summed E-state index contributed by atoms with van der Waals surface area (Å²) >= 11 is 2.01. The molecule has 0 aliphatic carbocycles. The molecular formula is C42H45F3IN3O3Si. The highest BCUT2D eigenvalue weighted by Crippen LogP contribution is 2.44. The van der Waals surface area contributed by atoms with E-state index in [1.54, 1.807) is 37.8 Å². The van der Waals surface area contributed by atoms with Gasteiger partial charge in [0.1, 0.15) is 18.5 Å². The van der Waals surface area contributed by atoms with Crippen molar-refractivity contribution in [2.45, 2.75) is 71.8 Å². The van der Waals surface area contributed by atoms with E-state index in [1.807, 2.05) is 53.8 Å². The Labute approximate surface area is 324 Å². The second-order valence-electron chi connectivity index (χ2n) is 15.4. The number of benzene rings is 3. The monoisotopic (exact) mass is 851 g/mol. The predicted molar refractivity (Wildman–Crippen MR) is 216 cm³/mol. The predicted octanol–water partition coefficient (Wildman–Crippen LogP) is 10.4. The summed E-state index contributed by atoms with van der Waals surface area (Å²) in [5.74, 6) is 0. The summed E-state index contributed by atoms with van der Waals surface area (Å²) in [6.07, 6.45) is -1.32. The zero-order valence-corrected chi connectivity index (χ0v) is 34.2. The maximum Gasteiger partial charge on any atom is 0.406 e. The molecule has 0 bridgehead atoms. The highest BCUT2D eigenvalue weighted by Gasteiger charge is 2.51. The van der Waals surface area contributed by atoms with Crippen LogP contribution in [0.3, 0.4) is 0 Å². The molecule has 1 atom stereocenters. The number of halogens is 4. The van der Waals surface area contributed by atoms with Crippen LogP contribution in [0.25, 0.3) is 33.4 Å². The molecule has 6 nitrogen and oxygen atoms in total. The number of methoxy groups -OCH3 is 1. The van der Waals surface area contributed by atoms with Gasteiger partial charge in [-0.2, -0.15) is 13.2 Å². The van der Waals surface area contributed by atoms with Gasteiger partial charge in [0.25, 0.3) is 12.2 Å². The van der Waals surface area contributed by atoms with Gasteiger partial charge >= 0.3 is 6.18 Å². The van der Waals surface area contributed by atoms with E-state index in [2.05, 4.69) is 93.1 Å². The number of pyridine rings is 1. The fourth-order valence-corrected chi connectivity index (χ4v) is 12.6. The topological polar surface area (TPSA) is 62.3 Å². The first-order valence-corrected chi connectivity index (χ1v) is 20.6. The number of aromatic nitrogens is 3. The third kappa shape index (κ3) is 8.03. The van der Waals surface area contributed by atoms with E-state index in [0.717, 1.165) is 21.5 Å². The lowest BCUT2D eigenvalue weighted by Gasteiger charge is -2.44. The molecule has 278 valence electrons. The highest BCUT2D eigenvalue weighted by atomic mass is 127. The lowest BCUT2D eigenvalue weighted by Crippen LogP contribution is -2.67. The van der Waals surface area contributed by atoms with Crippen molar-refractivity contribution in [3.8, 4) is 22.5 Å². The Morgan fingerprint density at radius 2 is 1.53 bits per heavy atom. The summed E-state index contributed by atoms with van der Waals surface area (Å²) in [6.45, 7) is 12.0. The van der Waals surface area contributed by atoms with Crippen LogP contribution >= 0.6 is 22.6 Å². The van der Waals surface area contributed by atoms with Crippen LogP contribution in [0.2, 0.25) is 5.04 Å². The van der Waals surface area contributed by atoms with Crippen LogP contribution in [0.4, 0.5) is 13.2 Å². The average molecular weight is 852 g/mol. The summed E-state index contributed by atoms with van der Waals surface area (Å²) in [7, 11) is -1.34. The molecule has 0 N–H and O–H groups in total. The molecular weight excluding hydrogens is 806 g/mol. The summed E-state index contributed by atoms with van der Waals surface area (Å²) in [5.41, 5.74) is 3.70. The van der Waals surface area contributed by atoms with E-state index >= 15 is 0 Å². The molecule has 0 fully saturated rings. The third-order valence-corrected chi connectivity index (χ3v) is 15.3. The van der Waals surface area contributed by atoms with Gasteiger partial charge in [0.05, 0.1) is 17.5 Å². The van der Waals surface area contributed by atoms with Crippen LogP contribution in [0.15, 0.2) is 108 Å². The molecule has 0 unspecified atom stereocenters. The second-order valence-corrected chi connectivity index (χ2v) is 20.6. The van der Waals surface area contributed by atoms with Crippen molar-refractivity contribution >= 4 is 52.2 Å². The van der Waals surface area contributed by atoms with E-state index < -0.39 is 32.6 Å². The third-order valence-electron chi connectivity index (χ3n) is 9.86. The van der Waals surface area contributed by atoms with Crippen LogP contribution in [-0.4, -0.2) is 42.7 Å². The highest BCUT2D eigenvalue weighted by molar-refractivity contribution is 14.1. The fraction of sp³-hybridized carbons (Fsp3) is 0.333. The van der Waals surface area contributed by atoms with Gasteiger partial charge in [0.2, 0.25) is 0 Å². The number of hydrogen-bond donors (Lipinski definition) is 0.